The first-order valence-electron chi connectivity index (χ1n) is 7.30. The van der Waals surface area contributed by atoms with Gasteiger partial charge >= 0.3 is 0 Å². The summed E-state index contributed by atoms with van der Waals surface area (Å²) in [5.41, 5.74) is 1.93. The summed E-state index contributed by atoms with van der Waals surface area (Å²) in [4.78, 5) is 18.5. The van der Waals surface area contributed by atoms with Gasteiger partial charge in [-0.2, -0.15) is 0 Å². The highest BCUT2D eigenvalue weighted by atomic mass is 32.2. The van der Waals surface area contributed by atoms with Gasteiger partial charge in [0.05, 0.1) is 13.2 Å². The molecule has 0 unspecified atom stereocenters. The molecule has 1 saturated heterocycles. The molecule has 0 N–H and O–H groups in total. The summed E-state index contributed by atoms with van der Waals surface area (Å²) in [6.07, 6.45) is 3.73. The fraction of sp³-hybridized carbons (Fsp3) is 0.375. The summed E-state index contributed by atoms with van der Waals surface area (Å²) < 4.78 is 7.28. The maximum atomic E-state index is 12.4. The van der Waals surface area contributed by atoms with E-state index >= 15 is 0 Å². The molecule has 116 valence electrons. The summed E-state index contributed by atoms with van der Waals surface area (Å²) in [5, 5.41) is 0.994. The van der Waals surface area contributed by atoms with Gasteiger partial charge in [-0.25, -0.2) is 4.98 Å². The Balaban J connectivity index is 1.60. The van der Waals surface area contributed by atoms with Gasteiger partial charge in [0.1, 0.15) is 0 Å². The fourth-order valence-corrected chi connectivity index (χ4v) is 3.22. The predicted octanol–water partition coefficient (Wildman–Crippen LogP) is 2.18. The number of hydrogen-bond acceptors (Lipinski definition) is 4. The van der Waals surface area contributed by atoms with Crippen LogP contribution in [-0.2, 0) is 17.5 Å². The number of hydrogen-bond donors (Lipinski definition) is 0. The molecule has 2 heterocycles. The van der Waals surface area contributed by atoms with Gasteiger partial charge in [0.2, 0.25) is 0 Å². The van der Waals surface area contributed by atoms with Crippen LogP contribution in [0.15, 0.2) is 41.8 Å². The number of thioether (sulfide) groups is 1. The minimum Gasteiger partial charge on any atom is -0.378 e. The van der Waals surface area contributed by atoms with Crippen LogP contribution < -0.4 is 0 Å². The van der Waals surface area contributed by atoms with Gasteiger partial charge in [-0.3, -0.25) is 4.79 Å². The van der Waals surface area contributed by atoms with Crippen molar-refractivity contribution in [1.82, 2.24) is 14.5 Å². The average Bonchev–Trinajstić information content (AvgIpc) is 2.99. The Morgan fingerprint density at radius 1 is 1.27 bits per heavy atom. The first-order valence-corrected chi connectivity index (χ1v) is 8.29. The zero-order valence-corrected chi connectivity index (χ0v) is 13.4. The monoisotopic (exact) mass is 317 g/mol. The largest absolute Gasteiger partial charge is 0.378 e. The highest BCUT2D eigenvalue weighted by Crippen LogP contribution is 2.21. The lowest BCUT2D eigenvalue weighted by molar-refractivity contribution is 0.0303. The molecule has 5 nitrogen and oxygen atoms in total. The third-order valence-electron chi connectivity index (χ3n) is 3.64. The SMILES string of the molecule is Cn1ccnc1SCc1ccc(C(=O)N2CCOCC2)cc1. The molecule has 1 aliphatic rings. The predicted molar refractivity (Wildman–Crippen MR) is 85.9 cm³/mol. The Morgan fingerprint density at radius 2 is 2.00 bits per heavy atom. The van der Waals surface area contributed by atoms with Crippen LogP contribution in [0.4, 0.5) is 0 Å². The molecule has 1 aromatic carbocycles. The average molecular weight is 317 g/mol. The third-order valence-corrected chi connectivity index (χ3v) is 4.77. The van der Waals surface area contributed by atoms with Crippen LogP contribution in [0.25, 0.3) is 0 Å². The van der Waals surface area contributed by atoms with Crippen LogP contribution in [0, 0.1) is 0 Å². The van der Waals surface area contributed by atoms with Gasteiger partial charge in [-0.1, -0.05) is 23.9 Å². The first-order chi connectivity index (χ1) is 10.7. The minimum absolute atomic E-state index is 0.0894. The van der Waals surface area contributed by atoms with Gasteiger partial charge in [0.15, 0.2) is 5.16 Å². The van der Waals surface area contributed by atoms with Crippen LogP contribution in [0.1, 0.15) is 15.9 Å². The van der Waals surface area contributed by atoms with Crippen molar-refractivity contribution in [2.75, 3.05) is 26.3 Å². The first kappa shape index (κ1) is 15.1. The van der Waals surface area contributed by atoms with Gasteiger partial charge in [0, 0.05) is 43.8 Å². The lowest BCUT2D eigenvalue weighted by Crippen LogP contribution is -2.40. The normalized spacial score (nSPS) is 15.0. The second-order valence-electron chi connectivity index (χ2n) is 5.21. The molecule has 0 aliphatic carbocycles. The lowest BCUT2D eigenvalue weighted by atomic mass is 10.1. The van der Waals surface area contributed by atoms with Gasteiger partial charge in [-0.15, -0.1) is 0 Å². The summed E-state index contributed by atoms with van der Waals surface area (Å²) in [7, 11) is 1.99. The number of imidazole rings is 1. The van der Waals surface area contributed by atoms with Crippen molar-refractivity contribution in [3.63, 3.8) is 0 Å². The fourth-order valence-electron chi connectivity index (χ4n) is 2.33. The van der Waals surface area contributed by atoms with Crippen molar-refractivity contribution in [2.24, 2.45) is 7.05 Å². The van der Waals surface area contributed by atoms with E-state index in [4.69, 9.17) is 4.74 Å². The molecule has 6 heteroatoms. The molecule has 0 radical (unpaired) electrons. The number of carbonyl (C=O) groups excluding carboxylic acids is 1. The van der Waals surface area contributed by atoms with Crippen molar-refractivity contribution >= 4 is 17.7 Å². The summed E-state index contributed by atoms with van der Waals surface area (Å²) >= 11 is 1.69. The molecule has 1 aromatic heterocycles. The lowest BCUT2D eigenvalue weighted by Gasteiger charge is -2.26. The summed E-state index contributed by atoms with van der Waals surface area (Å²) in [6, 6.07) is 7.85. The van der Waals surface area contributed by atoms with Crippen molar-refractivity contribution < 1.29 is 9.53 Å². The van der Waals surface area contributed by atoms with Crippen molar-refractivity contribution in [2.45, 2.75) is 10.9 Å². The number of carbonyl (C=O) groups is 1. The Hall–Kier alpha value is -1.79. The molecular weight excluding hydrogens is 298 g/mol. The van der Waals surface area contributed by atoms with E-state index in [0.29, 0.717) is 26.3 Å². The molecule has 22 heavy (non-hydrogen) atoms. The molecule has 2 aromatic rings. The molecule has 0 bridgehead atoms. The number of aromatic nitrogens is 2. The molecule has 0 spiro atoms. The number of morpholine rings is 1. The Morgan fingerprint density at radius 3 is 2.64 bits per heavy atom. The van der Waals surface area contributed by atoms with E-state index in [1.54, 1.807) is 18.0 Å². The van der Waals surface area contributed by atoms with E-state index in [1.807, 2.05) is 47.0 Å². The van der Waals surface area contributed by atoms with E-state index in [0.717, 1.165) is 16.5 Å². The summed E-state index contributed by atoms with van der Waals surface area (Å²) in [5.74, 6) is 0.934. The van der Waals surface area contributed by atoms with Crippen LogP contribution in [0.5, 0.6) is 0 Å². The number of nitrogens with zero attached hydrogens (tertiary/aromatic N) is 3. The Bertz CT molecular complexity index is 633. The van der Waals surface area contributed by atoms with Gasteiger partial charge < -0.3 is 14.2 Å². The number of aryl methyl sites for hydroxylation is 1. The van der Waals surface area contributed by atoms with Crippen LogP contribution in [0.3, 0.4) is 0 Å². The van der Waals surface area contributed by atoms with E-state index in [-0.39, 0.29) is 5.91 Å². The zero-order chi connectivity index (χ0) is 15.4. The highest BCUT2D eigenvalue weighted by molar-refractivity contribution is 7.98. The number of rotatable bonds is 4. The quantitative estimate of drug-likeness (QED) is 0.811. The van der Waals surface area contributed by atoms with Crippen LogP contribution in [-0.4, -0.2) is 46.7 Å². The minimum atomic E-state index is 0.0894. The van der Waals surface area contributed by atoms with Crippen molar-refractivity contribution in [3.8, 4) is 0 Å². The highest BCUT2D eigenvalue weighted by Gasteiger charge is 2.18. The van der Waals surface area contributed by atoms with Crippen molar-refractivity contribution in [1.29, 1.82) is 0 Å². The topological polar surface area (TPSA) is 47.4 Å². The molecule has 1 fully saturated rings. The van der Waals surface area contributed by atoms with Crippen LogP contribution >= 0.6 is 11.8 Å². The molecular formula is C16H19N3O2S. The van der Waals surface area contributed by atoms with E-state index in [2.05, 4.69) is 4.98 Å². The molecule has 0 saturated carbocycles. The summed E-state index contributed by atoms with van der Waals surface area (Å²) in [6.45, 7) is 2.61. The number of amides is 1. The standard InChI is InChI=1S/C16H19N3O2S/c1-18-7-6-17-16(18)22-12-13-2-4-14(5-3-13)15(20)19-8-10-21-11-9-19/h2-7H,8-12H2,1H3. The maximum absolute atomic E-state index is 12.4. The van der Waals surface area contributed by atoms with E-state index in [9.17, 15) is 4.79 Å². The van der Waals surface area contributed by atoms with E-state index in [1.165, 1.54) is 5.56 Å². The Kier molecular flexibility index (Phi) is 4.80. The number of ether oxygens (including phenoxy) is 1. The van der Waals surface area contributed by atoms with Crippen molar-refractivity contribution in [3.05, 3.63) is 47.8 Å². The molecule has 0 atom stereocenters. The second-order valence-corrected chi connectivity index (χ2v) is 6.15. The molecule has 3 rings (SSSR count). The Labute approximate surface area is 134 Å². The van der Waals surface area contributed by atoms with Gasteiger partial charge in [-0.05, 0) is 17.7 Å². The van der Waals surface area contributed by atoms with E-state index < -0.39 is 0 Å². The molecule has 1 aliphatic heterocycles. The zero-order valence-electron chi connectivity index (χ0n) is 12.6. The number of benzene rings is 1. The second kappa shape index (κ2) is 6.98. The smallest absolute Gasteiger partial charge is 0.254 e. The van der Waals surface area contributed by atoms with Gasteiger partial charge in [0.25, 0.3) is 5.91 Å². The molecule has 1 amide bonds. The van der Waals surface area contributed by atoms with Crippen LogP contribution in [0.2, 0.25) is 0 Å². The maximum Gasteiger partial charge on any atom is 0.254 e. The third kappa shape index (κ3) is 3.51.